The Bertz CT molecular complexity index is 450. The molecule has 0 aromatic carbocycles. The minimum atomic E-state index is 0. The maximum Gasteiger partial charge on any atom is 0.213 e. The van der Waals surface area contributed by atoms with Crippen LogP contribution in [-0.4, -0.2) is 17.1 Å². The van der Waals surface area contributed by atoms with Crippen LogP contribution >= 0.6 is 24.8 Å². The van der Waals surface area contributed by atoms with E-state index in [0.29, 0.717) is 17.1 Å². The van der Waals surface area contributed by atoms with Crippen LogP contribution in [0.2, 0.25) is 0 Å². The molecule has 2 aromatic rings. The molecule has 0 amide bonds. The van der Waals surface area contributed by atoms with Gasteiger partial charge in [-0.2, -0.15) is 0 Å². The summed E-state index contributed by atoms with van der Waals surface area (Å²) >= 11 is 0. The predicted molar refractivity (Wildman–Crippen MR) is 65.0 cm³/mol. The maximum absolute atomic E-state index is 5.72. The standard InChI is InChI=1S/C9H9N3O.2ClH/c1-13-8-3-2-7-9(12-8)6(10)4-5-11-7;;/h2-5H,1H3,(H2,10,11);2*1H. The normalized spacial score (nSPS) is 8.87. The van der Waals surface area contributed by atoms with E-state index in [0.717, 1.165) is 5.52 Å². The van der Waals surface area contributed by atoms with Crippen LogP contribution in [0.1, 0.15) is 0 Å². The smallest absolute Gasteiger partial charge is 0.213 e. The minimum absolute atomic E-state index is 0. The zero-order valence-corrected chi connectivity index (χ0v) is 9.64. The van der Waals surface area contributed by atoms with Crippen LogP contribution in [0.3, 0.4) is 0 Å². The molecule has 0 aliphatic carbocycles. The maximum atomic E-state index is 5.72. The van der Waals surface area contributed by atoms with Gasteiger partial charge in [-0.3, -0.25) is 4.98 Å². The van der Waals surface area contributed by atoms with Gasteiger partial charge in [-0.05, 0) is 12.1 Å². The molecule has 0 atom stereocenters. The number of nitrogens with zero attached hydrogens (tertiary/aromatic N) is 2. The number of methoxy groups -OCH3 is 1. The third kappa shape index (κ3) is 2.61. The van der Waals surface area contributed by atoms with Gasteiger partial charge >= 0.3 is 0 Å². The third-order valence-corrected chi connectivity index (χ3v) is 1.80. The summed E-state index contributed by atoms with van der Waals surface area (Å²) in [6.45, 7) is 0. The van der Waals surface area contributed by atoms with Crippen molar-refractivity contribution in [3.05, 3.63) is 24.4 Å². The summed E-state index contributed by atoms with van der Waals surface area (Å²) in [5.74, 6) is 0.548. The van der Waals surface area contributed by atoms with Gasteiger partial charge in [-0.15, -0.1) is 24.8 Å². The van der Waals surface area contributed by atoms with Crippen molar-refractivity contribution in [3.63, 3.8) is 0 Å². The fraction of sp³-hybridized carbons (Fsp3) is 0.111. The number of anilines is 1. The monoisotopic (exact) mass is 247 g/mol. The lowest BCUT2D eigenvalue weighted by atomic mass is 10.3. The second-order valence-electron chi connectivity index (χ2n) is 2.62. The van der Waals surface area contributed by atoms with Crippen LogP contribution < -0.4 is 10.5 Å². The summed E-state index contributed by atoms with van der Waals surface area (Å²) in [4.78, 5) is 8.30. The molecule has 0 bridgehead atoms. The number of hydrogen-bond donors (Lipinski definition) is 1. The van der Waals surface area contributed by atoms with Gasteiger partial charge in [0.25, 0.3) is 0 Å². The lowest BCUT2D eigenvalue weighted by Gasteiger charge is -2.02. The summed E-state index contributed by atoms with van der Waals surface area (Å²) < 4.78 is 4.98. The van der Waals surface area contributed by atoms with Crippen LogP contribution in [0.15, 0.2) is 24.4 Å². The van der Waals surface area contributed by atoms with E-state index in [2.05, 4.69) is 9.97 Å². The lowest BCUT2D eigenvalue weighted by Crippen LogP contribution is -1.93. The van der Waals surface area contributed by atoms with Crippen molar-refractivity contribution in [1.29, 1.82) is 0 Å². The SMILES string of the molecule is COc1ccc2nccc(N)c2n1.Cl.Cl. The number of aromatic nitrogens is 2. The van der Waals surface area contributed by atoms with Crippen LogP contribution in [0.25, 0.3) is 11.0 Å². The number of nitrogen functional groups attached to an aromatic ring is 1. The van der Waals surface area contributed by atoms with Gasteiger partial charge in [0.15, 0.2) is 0 Å². The van der Waals surface area contributed by atoms with E-state index in [-0.39, 0.29) is 24.8 Å². The lowest BCUT2D eigenvalue weighted by molar-refractivity contribution is 0.399. The summed E-state index contributed by atoms with van der Waals surface area (Å²) in [5, 5.41) is 0. The molecule has 2 N–H and O–H groups in total. The van der Waals surface area contributed by atoms with E-state index < -0.39 is 0 Å². The number of pyridine rings is 2. The molecule has 15 heavy (non-hydrogen) atoms. The van der Waals surface area contributed by atoms with Gasteiger partial charge in [-0.25, -0.2) is 4.98 Å². The molecule has 82 valence electrons. The molecule has 0 aliphatic heterocycles. The minimum Gasteiger partial charge on any atom is -0.481 e. The second kappa shape index (κ2) is 5.58. The van der Waals surface area contributed by atoms with Crippen molar-refractivity contribution in [3.8, 4) is 5.88 Å². The van der Waals surface area contributed by atoms with E-state index in [1.807, 2.05) is 6.07 Å². The number of fused-ring (bicyclic) bond motifs is 1. The number of nitrogens with two attached hydrogens (primary N) is 1. The topological polar surface area (TPSA) is 61.0 Å². The Kier molecular flexibility index (Phi) is 5.11. The molecule has 6 heteroatoms. The van der Waals surface area contributed by atoms with Gasteiger partial charge in [0.1, 0.15) is 5.52 Å². The Balaban J connectivity index is 0.000000980. The summed E-state index contributed by atoms with van der Waals surface area (Å²) in [6.07, 6.45) is 1.66. The number of hydrogen-bond acceptors (Lipinski definition) is 4. The summed E-state index contributed by atoms with van der Waals surface area (Å²) in [7, 11) is 1.57. The highest BCUT2D eigenvalue weighted by molar-refractivity contribution is 5.86. The molecule has 2 rings (SSSR count). The first-order valence-electron chi connectivity index (χ1n) is 3.86. The van der Waals surface area contributed by atoms with E-state index in [9.17, 15) is 0 Å². The molecule has 0 spiro atoms. The molecule has 0 fully saturated rings. The quantitative estimate of drug-likeness (QED) is 0.839. The highest BCUT2D eigenvalue weighted by Crippen LogP contribution is 2.18. The number of ether oxygens (including phenoxy) is 1. The molecule has 0 saturated heterocycles. The third-order valence-electron chi connectivity index (χ3n) is 1.80. The first kappa shape index (κ1) is 13.7. The van der Waals surface area contributed by atoms with Crippen molar-refractivity contribution < 1.29 is 4.74 Å². The van der Waals surface area contributed by atoms with Crippen molar-refractivity contribution >= 4 is 41.5 Å². The zero-order valence-electron chi connectivity index (χ0n) is 8.01. The summed E-state index contributed by atoms with van der Waals surface area (Å²) in [6, 6.07) is 5.31. The van der Waals surface area contributed by atoms with Gasteiger partial charge in [0, 0.05) is 12.3 Å². The Morgan fingerprint density at radius 2 is 1.93 bits per heavy atom. The molecule has 0 unspecified atom stereocenters. The van der Waals surface area contributed by atoms with E-state index >= 15 is 0 Å². The average molecular weight is 248 g/mol. The Hall–Kier alpha value is -1.26. The Labute approximate surface area is 99.7 Å². The molecule has 0 saturated carbocycles. The molecule has 0 radical (unpaired) electrons. The highest BCUT2D eigenvalue weighted by atomic mass is 35.5. The predicted octanol–water partition coefficient (Wildman–Crippen LogP) is 2.06. The van der Waals surface area contributed by atoms with Crippen molar-refractivity contribution in [1.82, 2.24) is 9.97 Å². The molecule has 2 aromatic heterocycles. The van der Waals surface area contributed by atoms with Gasteiger partial charge in [0.05, 0.1) is 18.3 Å². The Morgan fingerprint density at radius 1 is 1.20 bits per heavy atom. The van der Waals surface area contributed by atoms with Gasteiger partial charge in [-0.1, -0.05) is 0 Å². The Morgan fingerprint density at radius 3 is 2.60 bits per heavy atom. The fourth-order valence-corrected chi connectivity index (χ4v) is 1.14. The number of rotatable bonds is 1. The molecule has 4 nitrogen and oxygen atoms in total. The van der Waals surface area contributed by atoms with Crippen LogP contribution in [0.5, 0.6) is 5.88 Å². The van der Waals surface area contributed by atoms with Crippen LogP contribution in [0.4, 0.5) is 5.69 Å². The van der Waals surface area contributed by atoms with E-state index in [4.69, 9.17) is 10.5 Å². The fourth-order valence-electron chi connectivity index (χ4n) is 1.14. The number of halogens is 2. The highest BCUT2D eigenvalue weighted by Gasteiger charge is 2.01. The molecular weight excluding hydrogens is 237 g/mol. The first-order chi connectivity index (χ1) is 6.31. The zero-order chi connectivity index (χ0) is 9.26. The van der Waals surface area contributed by atoms with Crippen LogP contribution in [-0.2, 0) is 0 Å². The average Bonchev–Trinajstić information content (AvgIpc) is 2.18. The van der Waals surface area contributed by atoms with E-state index in [1.165, 1.54) is 0 Å². The van der Waals surface area contributed by atoms with E-state index in [1.54, 1.807) is 25.4 Å². The molecule has 0 aliphatic rings. The molecular formula is C9H11Cl2N3O. The van der Waals surface area contributed by atoms with Crippen molar-refractivity contribution in [2.45, 2.75) is 0 Å². The molecule has 2 heterocycles. The van der Waals surface area contributed by atoms with Crippen LogP contribution in [0, 0.1) is 0 Å². The van der Waals surface area contributed by atoms with Crippen molar-refractivity contribution in [2.75, 3.05) is 12.8 Å². The first-order valence-corrected chi connectivity index (χ1v) is 3.86. The second-order valence-corrected chi connectivity index (χ2v) is 2.62. The van der Waals surface area contributed by atoms with Crippen molar-refractivity contribution in [2.24, 2.45) is 0 Å². The summed E-state index contributed by atoms with van der Waals surface area (Å²) in [5.41, 5.74) is 7.80. The van der Waals surface area contributed by atoms with Gasteiger partial charge < -0.3 is 10.5 Å². The van der Waals surface area contributed by atoms with Gasteiger partial charge in [0.2, 0.25) is 5.88 Å². The largest absolute Gasteiger partial charge is 0.481 e.